The number of thioether (sulfide) groups is 1. The monoisotopic (exact) mass is 556 g/mol. The molecule has 1 heterocycles. The molecular formula is C32H32N2O5S. The molecule has 3 aromatic carbocycles. The van der Waals surface area contributed by atoms with Crippen molar-refractivity contribution in [3.05, 3.63) is 107 Å². The molecule has 4 rings (SSSR count). The summed E-state index contributed by atoms with van der Waals surface area (Å²) in [5.41, 5.74) is 4.30. The van der Waals surface area contributed by atoms with Crippen LogP contribution in [0.3, 0.4) is 0 Å². The first kappa shape index (κ1) is 28.7. The Kier molecular flexibility index (Phi) is 9.81. The molecule has 7 nitrogen and oxygen atoms in total. The van der Waals surface area contributed by atoms with Crippen molar-refractivity contribution in [2.45, 2.75) is 33.3 Å². The Hall–Kier alpha value is -4.30. The average Bonchev–Trinajstić information content (AvgIpc) is 3.21. The van der Waals surface area contributed by atoms with Crippen molar-refractivity contribution in [2.75, 3.05) is 18.5 Å². The number of nitrogens with one attached hydrogen (secondary N) is 1. The number of rotatable bonds is 12. The van der Waals surface area contributed by atoms with E-state index in [-0.39, 0.29) is 11.4 Å². The smallest absolute Gasteiger partial charge is 0.294 e. The van der Waals surface area contributed by atoms with E-state index >= 15 is 0 Å². The number of imide groups is 1. The zero-order chi connectivity index (χ0) is 28.5. The van der Waals surface area contributed by atoms with Crippen LogP contribution in [0.5, 0.6) is 11.5 Å². The molecule has 0 saturated carbocycles. The van der Waals surface area contributed by atoms with Crippen LogP contribution in [0.4, 0.5) is 10.5 Å². The zero-order valence-electron chi connectivity index (χ0n) is 22.6. The number of carbonyl (C=O) groups excluding carboxylic acids is 3. The van der Waals surface area contributed by atoms with Gasteiger partial charge in [-0.05, 0) is 78.6 Å². The van der Waals surface area contributed by atoms with Crippen molar-refractivity contribution in [3.8, 4) is 11.5 Å². The molecule has 40 heavy (non-hydrogen) atoms. The highest BCUT2D eigenvalue weighted by atomic mass is 32.2. The summed E-state index contributed by atoms with van der Waals surface area (Å²) in [7, 11) is 0. The molecule has 1 aliphatic heterocycles. The number of hydrogen-bond acceptors (Lipinski definition) is 6. The van der Waals surface area contributed by atoms with Crippen LogP contribution in [-0.2, 0) is 29.0 Å². The van der Waals surface area contributed by atoms with Gasteiger partial charge in [-0.3, -0.25) is 19.3 Å². The second-order valence-electron chi connectivity index (χ2n) is 9.07. The Morgan fingerprint density at radius 2 is 1.75 bits per heavy atom. The zero-order valence-corrected chi connectivity index (χ0v) is 23.5. The first-order valence-corrected chi connectivity index (χ1v) is 13.9. The lowest BCUT2D eigenvalue weighted by molar-refractivity contribution is -0.127. The summed E-state index contributed by atoms with van der Waals surface area (Å²) < 4.78 is 12.1. The fraction of sp³-hybridized carbons (Fsp3) is 0.219. The van der Waals surface area contributed by atoms with E-state index in [9.17, 15) is 14.4 Å². The van der Waals surface area contributed by atoms with Gasteiger partial charge in [0.25, 0.3) is 11.1 Å². The van der Waals surface area contributed by atoms with Gasteiger partial charge in [-0.25, -0.2) is 0 Å². The van der Waals surface area contributed by atoms with Crippen LogP contribution in [0.2, 0.25) is 0 Å². The average molecular weight is 557 g/mol. The van der Waals surface area contributed by atoms with Crippen LogP contribution in [0.15, 0.2) is 84.3 Å². The Bertz CT molecular complexity index is 1420. The lowest BCUT2D eigenvalue weighted by Gasteiger charge is -2.17. The van der Waals surface area contributed by atoms with E-state index in [0.717, 1.165) is 39.8 Å². The summed E-state index contributed by atoms with van der Waals surface area (Å²) in [5.74, 6) is 0.190. The van der Waals surface area contributed by atoms with E-state index in [0.29, 0.717) is 42.4 Å². The molecule has 0 bridgehead atoms. The summed E-state index contributed by atoms with van der Waals surface area (Å²) in [6.45, 7) is 8.22. The lowest BCUT2D eigenvalue weighted by Crippen LogP contribution is -2.36. The number of hydrogen-bond donors (Lipinski definition) is 1. The highest BCUT2D eigenvalue weighted by molar-refractivity contribution is 8.18. The minimum atomic E-state index is -0.515. The second-order valence-corrected chi connectivity index (χ2v) is 10.1. The van der Waals surface area contributed by atoms with Gasteiger partial charge in [-0.2, -0.15) is 0 Å². The molecule has 1 aliphatic rings. The number of anilines is 1. The van der Waals surface area contributed by atoms with Gasteiger partial charge in [0.2, 0.25) is 5.91 Å². The third-order valence-corrected chi connectivity index (χ3v) is 7.07. The van der Waals surface area contributed by atoms with Crippen LogP contribution < -0.4 is 14.8 Å². The van der Waals surface area contributed by atoms with Crippen molar-refractivity contribution in [2.24, 2.45) is 0 Å². The molecule has 0 radical (unpaired) electrons. The van der Waals surface area contributed by atoms with Crippen LogP contribution in [0.25, 0.3) is 6.08 Å². The summed E-state index contributed by atoms with van der Waals surface area (Å²) in [6.07, 6.45) is 4.82. The summed E-state index contributed by atoms with van der Waals surface area (Å²) >= 11 is 0.806. The summed E-state index contributed by atoms with van der Waals surface area (Å²) in [4.78, 5) is 39.5. The van der Waals surface area contributed by atoms with Gasteiger partial charge in [0, 0.05) is 11.3 Å². The van der Waals surface area contributed by atoms with Crippen LogP contribution >= 0.6 is 11.8 Å². The molecule has 1 saturated heterocycles. The number of amides is 3. The Balaban J connectivity index is 1.52. The maximum Gasteiger partial charge on any atom is 0.294 e. The molecule has 0 aliphatic carbocycles. The summed E-state index contributed by atoms with van der Waals surface area (Å²) in [5, 5.41) is 2.25. The van der Waals surface area contributed by atoms with E-state index in [4.69, 9.17) is 9.47 Å². The highest BCUT2D eigenvalue weighted by Gasteiger charge is 2.36. The van der Waals surface area contributed by atoms with Crippen LogP contribution in [0, 0.1) is 0 Å². The number of allylic oxidation sites excluding steroid dienone is 1. The number of carbonyl (C=O) groups is 3. The van der Waals surface area contributed by atoms with Crippen molar-refractivity contribution in [1.82, 2.24) is 4.90 Å². The largest absolute Gasteiger partial charge is 0.490 e. The molecule has 0 spiro atoms. The van der Waals surface area contributed by atoms with Gasteiger partial charge in [-0.1, -0.05) is 55.5 Å². The third-order valence-electron chi connectivity index (χ3n) is 6.16. The first-order chi connectivity index (χ1) is 19.4. The normalized spacial score (nSPS) is 13.9. The molecule has 8 heteroatoms. The molecule has 3 aromatic rings. The molecule has 0 unspecified atom stereocenters. The predicted molar refractivity (Wildman–Crippen MR) is 159 cm³/mol. The fourth-order valence-electron chi connectivity index (χ4n) is 4.19. The van der Waals surface area contributed by atoms with Gasteiger partial charge < -0.3 is 14.8 Å². The SMILES string of the molecule is C=CCc1cc(/C=C2\SC(=O)N(CC(=O)Nc3ccc(CC)cc3)C2=O)cc(OCC)c1OCc1ccccc1. The van der Waals surface area contributed by atoms with E-state index in [1.165, 1.54) is 0 Å². The van der Waals surface area contributed by atoms with Gasteiger partial charge in [0.15, 0.2) is 11.5 Å². The molecule has 0 atom stereocenters. The topological polar surface area (TPSA) is 84.9 Å². The lowest BCUT2D eigenvalue weighted by atomic mass is 10.0. The van der Waals surface area contributed by atoms with Gasteiger partial charge >= 0.3 is 0 Å². The van der Waals surface area contributed by atoms with Crippen molar-refractivity contribution < 1.29 is 23.9 Å². The van der Waals surface area contributed by atoms with E-state index in [1.54, 1.807) is 30.4 Å². The predicted octanol–water partition coefficient (Wildman–Crippen LogP) is 6.63. The van der Waals surface area contributed by atoms with Crippen LogP contribution in [-0.4, -0.2) is 35.1 Å². The third kappa shape index (κ3) is 7.21. The van der Waals surface area contributed by atoms with Gasteiger partial charge in [-0.15, -0.1) is 6.58 Å². The molecule has 1 fully saturated rings. The molecule has 3 amide bonds. The van der Waals surface area contributed by atoms with Crippen molar-refractivity contribution in [1.29, 1.82) is 0 Å². The maximum atomic E-state index is 13.1. The van der Waals surface area contributed by atoms with E-state index in [2.05, 4.69) is 11.9 Å². The van der Waals surface area contributed by atoms with Gasteiger partial charge in [0.1, 0.15) is 13.2 Å². The number of ether oxygens (including phenoxy) is 2. The maximum absolute atomic E-state index is 13.1. The molecule has 206 valence electrons. The second kappa shape index (κ2) is 13.7. The number of aryl methyl sites for hydroxylation is 1. The Labute approximate surface area is 238 Å². The van der Waals surface area contributed by atoms with E-state index in [1.807, 2.05) is 62.4 Å². The Morgan fingerprint density at radius 3 is 2.42 bits per heavy atom. The molecular weight excluding hydrogens is 524 g/mol. The minimum Gasteiger partial charge on any atom is -0.490 e. The number of benzene rings is 3. The quantitative estimate of drug-likeness (QED) is 0.199. The van der Waals surface area contributed by atoms with Crippen LogP contribution in [0.1, 0.15) is 36.1 Å². The van der Waals surface area contributed by atoms with Gasteiger partial charge in [0.05, 0.1) is 11.5 Å². The van der Waals surface area contributed by atoms with Crippen molar-refractivity contribution >= 4 is 40.6 Å². The molecule has 0 aromatic heterocycles. The number of nitrogens with zero attached hydrogens (tertiary/aromatic N) is 1. The van der Waals surface area contributed by atoms with Crippen molar-refractivity contribution in [3.63, 3.8) is 0 Å². The standard InChI is InChI=1S/C32H32N2O5S/c1-4-10-25-17-24(18-27(38-6-3)30(25)39-21-23-11-8-7-9-12-23)19-28-31(36)34(32(37)40-28)20-29(35)33-26-15-13-22(5-2)14-16-26/h4,7-9,11-19H,1,5-6,10,20-21H2,2-3H3,(H,33,35)/b28-19-. The summed E-state index contributed by atoms with van der Waals surface area (Å²) in [6, 6.07) is 21.0. The highest BCUT2D eigenvalue weighted by Crippen LogP contribution is 2.37. The first-order valence-electron chi connectivity index (χ1n) is 13.1. The Morgan fingerprint density at radius 1 is 1.00 bits per heavy atom. The fourth-order valence-corrected chi connectivity index (χ4v) is 5.02. The molecule has 1 N–H and O–H groups in total. The minimum absolute atomic E-state index is 0.232. The van der Waals surface area contributed by atoms with E-state index < -0.39 is 17.1 Å².